The highest BCUT2D eigenvalue weighted by Gasteiger charge is 2.34. The van der Waals surface area contributed by atoms with E-state index in [1.54, 1.807) is 6.92 Å². The fourth-order valence-corrected chi connectivity index (χ4v) is 7.82. The van der Waals surface area contributed by atoms with Crippen LogP contribution in [0.2, 0.25) is 0 Å². The molecule has 0 spiro atoms. The van der Waals surface area contributed by atoms with Gasteiger partial charge in [-0.1, -0.05) is 25.5 Å². The first-order valence-corrected chi connectivity index (χ1v) is 22.7. The molecule has 1 aromatic rings. The number of nitrogens with two attached hydrogens (primary N) is 2. The zero-order valence-corrected chi connectivity index (χ0v) is 40.0. The number of rotatable bonds is 19. The Morgan fingerprint density at radius 2 is 1.34 bits per heavy atom. The molecule has 0 bridgehead atoms. The number of carbonyl (C=O) groups is 5. The second-order valence-corrected chi connectivity index (χ2v) is 19.8. The van der Waals surface area contributed by atoms with E-state index in [0.29, 0.717) is 71.5 Å². The Bertz CT molecular complexity index is 1550. The number of benzene rings is 1. The van der Waals surface area contributed by atoms with E-state index in [1.807, 2.05) is 84.6 Å². The highest BCUT2D eigenvalue weighted by atomic mass is 16.6. The third kappa shape index (κ3) is 23.7. The Morgan fingerprint density at radius 1 is 0.758 bits per heavy atom. The molecule has 15 nitrogen and oxygen atoms in total. The van der Waals surface area contributed by atoms with Crippen molar-refractivity contribution in [2.24, 2.45) is 29.2 Å². The lowest BCUT2D eigenvalue weighted by molar-refractivity contribution is -0.164. The zero-order chi connectivity index (χ0) is 46.7. The van der Waals surface area contributed by atoms with Crippen LogP contribution in [0.1, 0.15) is 133 Å². The SMILES string of the molecule is CCC1CCN(CC(=O)OC(C)(C)C)CCN(CC(=O)OC(C)(C)CCC(C)(N)OC(C)=O)CCNCC(Cc2ccc(NC(=O)CCCCN)cc2)[C@H]1CC(=O)OC(C)(C)C. The van der Waals surface area contributed by atoms with Gasteiger partial charge in [-0.15, -0.1) is 0 Å². The number of carbonyl (C=O) groups excluding carboxylic acids is 5. The van der Waals surface area contributed by atoms with Gasteiger partial charge in [0.1, 0.15) is 16.8 Å². The molecule has 4 atom stereocenters. The van der Waals surface area contributed by atoms with Crippen molar-refractivity contribution < 1.29 is 42.9 Å². The van der Waals surface area contributed by atoms with Gasteiger partial charge in [0, 0.05) is 58.1 Å². The van der Waals surface area contributed by atoms with E-state index in [1.165, 1.54) is 6.92 Å². The smallest absolute Gasteiger partial charge is 0.320 e. The quantitative estimate of drug-likeness (QED) is 0.0582. The molecule has 1 amide bonds. The molecule has 1 aromatic carbocycles. The molecule has 15 heteroatoms. The Kier molecular flexibility index (Phi) is 22.5. The largest absolute Gasteiger partial charge is 0.460 e. The van der Waals surface area contributed by atoms with Crippen LogP contribution in [0.3, 0.4) is 0 Å². The number of nitrogens with one attached hydrogen (secondary N) is 2. The maximum Gasteiger partial charge on any atom is 0.320 e. The molecule has 3 unspecified atom stereocenters. The van der Waals surface area contributed by atoms with Crippen molar-refractivity contribution in [3.05, 3.63) is 29.8 Å². The van der Waals surface area contributed by atoms with E-state index in [2.05, 4.69) is 22.5 Å². The predicted octanol–water partition coefficient (Wildman–Crippen LogP) is 5.57. The molecule has 0 aromatic heterocycles. The van der Waals surface area contributed by atoms with Crippen LogP contribution in [0, 0.1) is 17.8 Å². The van der Waals surface area contributed by atoms with Crippen molar-refractivity contribution in [2.75, 3.05) is 64.2 Å². The van der Waals surface area contributed by atoms with Crippen LogP contribution in [0.25, 0.3) is 0 Å². The van der Waals surface area contributed by atoms with Gasteiger partial charge in [0.25, 0.3) is 0 Å². The second kappa shape index (κ2) is 25.6. The Morgan fingerprint density at radius 3 is 1.90 bits per heavy atom. The summed E-state index contributed by atoms with van der Waals surface area (Å²) >= 11 is 0. The molecule has 2 rings (SSSR count). The van der Waals surface area contributed by atoms with Gasteiger partial charge in [-0.3, -0.25) is 39.5 Å². The van der Waals surface area contributed by atoms with Gasteiger partial charge in [-0.05, 0) is 150 Å². The molecular formula is C47H82N6O9. The molecule has 1 heterocycles. The fourth-order valence-electron chi connectivity index (χ4n) is 7.82. The Labute approximate surface area is 372 Å². The summed E-state index contributed by atoms with van der Waals surface area (Å²) in [5, 5.41) is 6.66. The Hall–Kier alpha value is -3.63. The van der Waals surface area contributed by atoms with E-state index in [9.17, 15) is 24.0 Å². The molecule has 6 N–H and O–H groups in total. The number of esters is 4. The van der Waals surface area contributed by atoms with Crippen LogP contribution in [0.4, 0.5) is 5.69 Å². The third-order valence-corrected chi connectivity index (χ3v) is 10.8. The molecule has 1 fully saturated rings. The first kappa shape index (κ1) is 54.5. The van der Waals surface area contributed by atoms with Crippen LogP contribution in [0.15, 0.2) is 24.3 Å². The standard InChI is InChI=1S/C47H82N6O9/c1-12-36-20-25-52(32-42(57)61-45(6,7)8)27-28-53(33-43(58)62-46(9,10)21-22-47(11,49)59-34(2)54)26-24-50-31-37(39(36)30-41(56)60-44(3,4)5)29-35-16-18-38(19-17-35)51-40(55)15-13-14-23-48/h16-19,36-37,39,50H,12-15,20-33,48-49H2,1-11H3,(H,51,55)/t36?,37?,39-,47?/m0/s1. The van der Waals surface area contributed by atoms with E-state index >= 15 is 0 Å². The van der Waals surface area contributed by atoms with Crippen LogP contribution < -0.4 is 22.1 Å². The highest BCUT2D eigenvalue weighted by molar-refractivity contribution is 5.90. The van der Waals surface area contributed by atoms with Crippen molar-refractivity contribution in [1.29, 1.82) is 0 Å². The molecule has 1 aliphatic rings. The lowest BCUT2D eigenvalue weighted by Gasteiger charge is -2.35. The number of nitrogens with zero attached hydrogens (tertiary/aromatic N) is 2. The number of hydrogen-bond acceptors (Lipinski definition) is 14. The van der Waals surface area contributed by atoms with Gasteiger partial charge in [-0.2, -0.15) is 0 Å². The van der Waals surface area contributed by atoms with Crippen molar-refractivity contribution in [2.45, 2.75) is 156 Å². The number of amides is 1. The summed E-state index contributed by atoms with van der Waals surface area (Å²) in [5.41, 5.74) is 10.2. The average molecular weight is 875 g/mol. The number of anilines is 1. The van der Waals surface area contributed by atoms with Crippen molar-refractivity contribution in [1.82, 2.24) is 15.1 Å². The van der Waals surface area contributed by atoms with Gasteiger partial charge in [0.05, 0.1) is 13.1 Å². The summed E-state index contributed by atoms with van der Waals surface area (Å²) in [7, 11) is 0. The molecule has 0 saturated carbocycles. The molecule has 0 aliphatic carbocycles. The van der Waals surface area contributed by atoms with Crippen LogP contribution in [0.5, 0.6) is 0 Å². The molecule has 0 radical (unpaired) electrons. The van der Waals surface area contributed by atoms with E-state index in [-0.39, 0.29) is 55.1 Å². The summed E-state index contributed by atoms with van der Waals surface area (Å²) in [6, 6.07) is 7.91. The minimum atomic E-state index is -1.19. The summed E-state index contributed by atoms with van der Waals surface area (Å²) in [6.07, 6.45) is 5.08. The fraction of sp³-hybridized carbons (Fsp3) is 0.766. The minimum Gasteiger partial charge on any atom is -0.460 e. The molecule has 1 aliphatic heterocycles. The van der Waals surface area contributed by atoms with E-state index in [0.717, 1.165) is 36.9 Å². The first-order valence-electron chi connectivity index (χ1n) is 22.7. The molecule has 354 valence electrons. The maximum atomic E-state index is 13.6. The topological polar surface area (TPSA) is 205 Å². The first-order chi connectivity index (χ1) is 28.8. The van der Waals surface area contributed by atoms with Crippen molar-refractivity contribution in [3.63, 3.8) is 0 Å². The number of ether oxygens (including phenoxy) is 4. The highest BCUT2D eigenvalue weighted by Crippen LogP contribution is 2.34. The molecule has 1 saturated heterocycles. The zero-order valence-electron chi connectivity index (χ0n) is 40.0. The summed E-state index contributed by atoms with van der Waals surface area (Å²) in [6.45, 7) is 23.8. The normalized spacial score (nSPS) is 20.0. The van der Waals surface area contributed by atoms with E-state index in [4.69, 9.17) is 30.4 Å². The van der Waals surface area contributed by atoms with Gasteiger partial charge in [0.2, 0.25) is 5.91 Å². The van der Waals surface area contributed by atoms with Crippen LogP contribution in [-0.2, 0) is 49.3 Å². The van der Waals surface area contributed by atoms with Gasteiger partial charge in [0.15, 0.2) is 5.72 Å². The third-order valence-electron chi connectivity index (χ3n) is 10.8. The molecule has 62 heavy (non-hydrogen) atoms. The average Bonchev–Trinajstić information content (AvgIpc) is 3.13. The summed E-state index contributed by atoms with van der Waals surface area (Å²) < 4.78 is 22.9. The van der Waals surface area contributed by atoms with Crippen molar-refractivity contribution in [3.8, 4) is 0 Å². The van der Waals surface area contributed by atoms with Crippen LogP contribution in [-0.4, -0.2) is 121 Å². The van der Waals surface area contributed by atoms with Gasteiger partial charge < -0.3 is 35.3 Å². The van der Waals surface area contributed by atoms with Gasteiger partial charge >= 0.3 is 23.9 Å². The number of unbranched alkanes of at least 4 members (excludes halogenated alkanes) is 1. The van der Waals surface area contributed by atoms with Gasteiger partial charge in [-0.25, -0.2) is 0 Å². The predicted molar refractivity (Wildman–Crippen MR) is 243 cm³/mol. The van der Waals surface area contributed by atoms with Crippen LogP contribution >= 0.6 is 0 Å². The number of hydrogen-bond donors (Lipinski definition) is 4. The maximum absolute atomic E-state index is 13.6. The minimum absolute atomic E-state index is 0.0173. The van der Waals surface area contributed by atoms with Crippen molar-refractivity contribution >= 4 is 35.5 Å². The monoisotopic (exact) mass is 875 g/mol. The lowest BCUT2D eigenvalue weighted by atomic mass is 9.74. The van der Waals surface area contributed by atoms with E-state index < -0.39 is 34.5 Å². The second-order valence-electron chi connectivity index (χ2n) is 19.8. The summed E-state index contributed by atoms with van der Waals surface area (Å²) in [5.74, 6) is -1.43. The molecular weight excluding hydrogens is 793 g/mol. The Balaban J connectivity index is 2.43. The lowest BCUT2D eigenvalue weighted by Crippen LogP contribution is -2.45. The summed E-state index contributed by atoms with van der Waals surface area (Å²) in [4.78, 5) is 68.6.